The maximum Gasteiger partial charge on any atom is 0.433 e. The standard InChI is InChI=1S/C21H20ClF3N4O2/c1-11-16(10-31-29-11)20(30)27-14-5-3-13(4-6-14)26-18-9-19(21(23,24)25)28-17-7-2-12(22)8-15(17)18/h2,7-10,13-14H,3-6H2,1H3,(H,26,28)(H,27,30)/t13-,14+. The number of rotatable bonds is 4. The third-order valence-corrected chi connectivity index (χ3v) is 5.71. The summed E-state index contributed by atoms with van der Waals surface area (Å²) >= 11 is 6.05. The lowest BCUT2D eigenvalue weighted by Crippen LogP contribution is -2.40. The quantitative estimate of drug-likeness (QED) is 0.557. The largest absolute Gasteiger partial charge is 0.433 e. The zero-order valence-electron chi connectivity index (χ0n) is 16.6. The van der Waals surface area contributed by atoms with Gasteiger partial charge in [0.25, 0.3) is 5.91 Å². The van der Waals surface area contributed by atoms with E-state index in [1.165, 1.54) is 18.4 Å². The summed E-state index contributed by atoms with van der Waals surface area (Å²) in [6, 6.07) is 5.59. The third-order valence-electron chi connectivity index (χ3n) is 5.48. The van der Waals surface area contributed by atoms with Crippen LogP contribution < -0.4 is 10.6 Å². The molecule has 0 atom stereocenters. The van der Waals surface area contributed by atoms with Gasteiger partial charge in [0.15, 0.2) is 0 Å². The van der Waals surface area contributed by atoms with Crippen LogP contribution in [0.4, 0.5) is 18.9 Å². The monoisotopic (exact) mass is 452 g/mol. The fourth-order valence-electron chi connectivity index (χ4n) is 3.84. The molecule has 10 heteroatoms. The van der Waals surface area contributed by atoms with E-state index in [4.69, 9.17) is 16.1 Å². The number of aryl methyl sites for hydroxylation is 1. The molecule has 0 saturated heterocycles. The second-order valence-electron chi connectivity index (χ2n) is 7.69. The molecule has 0 unspecified atom stereocenters. The van der Waals surface area contributed by atoms with E-state index in [1.54, 1.807) is 13.0 Å². The molecule has 164 valence electrons. The van der Waals surface area contributed by atoms with Crippen LogP contribution in [-0.2, 0) is 6.18 Å². The van der Waals surface area contributed by atoms with E-state index in [0.29, 0.717) is 53.0 Å². The Morgan fingerprint density at radius 3 is 2.52 bits per heavy atom. The average molecular weight is 453 g/mol. The molecule has 2 N–H and O–H groups in total. The van der Waals surface area contributed by atoms with Crippen LogP contribution in [0.25, 0.3) is 10.9 Å². The number of carbonyl (C=O) groups is 1. The number of alkyl halides is 3. The summed E-state index contributed by atoms with van der Waals surface area (Å²) in [5.41, 5.74) is 0.561. The van der Waals surface area contributed by atoms with E-state index in [0.717, 1.165) is 6.07 Å². The number of carbonyl (C=O) groups excluding carboxylic acids is 1. The van der Waals surface area contributed by atoms with E-state index < -0.39 is 11.9 Å². The van der Waals surface area contributed by atoms with Gasteiger partial charge in [-0.05, 0) is 56.9 Å². The minimum absolute atomic E-state index is 0.0192. The molecule has 1 amide bonds. The Kier molecular flexibility index (Phi) is 5.79. The molecular formula is C21H20ClF3N4O2. The van der Waals surface area contributed by atoms with Crippen molar-refractivity contribution in [2.75, 3.05) is 5.32 Å². The van der Waals surface area contributed by atoms with E-state index >= 15 is 0 Å². The van der Waals surface area contributed by atoms with Crippen molar-refractivity contribution in [3.05, 3.63) is 52.5 Å². The first kappa shape index (κ1) is 21.4. The predicted molar refractivity (Wildman–Crippen MR) is 110 cm³/mol. The van der Waals surface area contributed by atoms with E-state index in [9.17, 15) is 18.0 Å². The SMILES string of the molecule is Cc1nocc1C(=O)N[C@H]1CC[C@@H](Nc2cc(C(F)(F)F)nc3ccc(Cl)cc23)CC1. The van der Waals surface area contributed by atoms with Gasteiger partial charge in [-0.15, -0.1) is 0 Å². The highest BCUT2D eigenvalue weighted by atomic mass is 35.5. The highest BCUT2D eigenvalue weighted by Gasteiger charge is 2.34. The second kappa shape index (κ2) is 8.37. The molecule has 0 radical (unpaired) electrons. The zero-order valence-corrected chi connectivity index (χ0v) is 17.3. The van der Waals surface area contributed by atoms with Crippen LogP contribution >= 0.6 is 11.6 Å². The second-order valence-corrected chi connectivity index (χ2v) is 8.13. The lowest BCUT2D eigenvalue weighted by Gasteiger charge is -2.30. The first-order chi connectivity index (χ1) is 14.7. The van der Waals surface area contributed by atoms with Gasteiger partial charge in [0.2, 0.25) is 0 Å². The minimum atomic E-state index is -4.55. The van der Waals surface area contributed by atoms with Crippen LogP contribution in [0.1, 0.15) is 47.4 Å². The summed E-state index contributed by atoms with van der Waals surface area (Å²) < 4.78 is 44.7. The van der Waals surface area contributed by atoms with E-state index in [1.807, 2.05) is 0 Å². The van der Waals surface area contributed by atoms with E-state index in [-0.39, 0.29) is 23.5 Å². The number of amides is 1. The van der Waals surface area contributed by atoms with Crippen molar-refractivity contribution in [2.45, 2.75) is 50.9 Å². The van der Waals surface area contributed by atoms with Crippen molar-refractivity contribution in [1.82, 2.24) is 15.5 Å². The number of nitrogens with one attached hydrogen (secondary N) is 2. The van der Waals surface area contributed by atoms with Crippen LogP contribution in [0, 0.1) is 6.92 Å². The van der Waals surface area contributed by atoms with Crippen LogP contribution in [0.3, 0.4) is 0 Å². The Labute approximate surface area is 181 Å². The topological polar surface area (TPSA) is 80.0 Å². The lowest BCUT2D eigenvalue weighted by atomic mass is 9.90. The van der Waals surface area contributed by atoms with Gasteiger partial charge >= 0.3 is 6.18 Å². The van der Waals surface area contributed by atoms with Crippen LogP contribution in [0.15, 0.2) is 35.1 Å². The van der Waals surface area contributed by atoms with Gasteiger partial charge < -0.3 is 15.2 Å². The smallest absolute Gasteiger partial charge is 0.382 e. The highest BCUT2D eigenvalue weighted by Crippen LogP contribution is 2.35. The number of halogens is 4. The van der Waals surface area contributed by atoms with Crippen LogP contribution in [0.2, 0.25) is 5.02 Å². The fraction of sp³-hybridized carbons (Fsp3) is 0.381. The molecule has 0 aliphatic heterocycles. The normalized spacial score (nSPS) is 19.4. The number of hydrogen-bond donors (Lipinski definition) is 2. The molecule has 1 saturated carbocycles. The summed E-state index contributed by atoms with van der Waals surface area (Å²) in [5.74, 6) is -0.236. The van der Waals surface area contributed by atoms with Gasteiger partial charge in [-0.25, -0.2) is 4.98 Å². The highest BCUT2D eigenvalue weighted by molar-refractivity contribution is 6.31. The number of hydrogen-bond acceptors (Lipinski definition) is 5. The average Bonchev–Trinajstić information content (AvgIpc) is 3.15. The molecular weight excluding hydrogens is 433 g/mol. The van der Waals surface area contributed by atoms with Gasteiger partial charge in [-0.2, -0.15) is 13.2 Å². The maximum atomic E-state index is 13.3. The summed E-state index contributed by atoms with van der Waals surface area (Å²) in [7, 11) is 0. The molecule has 31 heavy (non-hydrogen) atoms. The fourth-order valence-corrected chi connectivity index (χ4v) is 4.01. The number of anilines is 1. The Morgan fingerprint density at radius 2 is 1.87 bits per heavy atom. The van der Waals surface area contributed by atoms with Crippen LogP contribution in [0.5, 0.6) is 0 Å². The molecule has 1 aliphatic rings. The summed E-state index contributed by atoms with van der Waals surface area (Å²) in [4.78, 5) is 16.1. The summed E-state index contributed by atoms with van der Waals surface area (Å²) in [6.07, 6.45) is -0.450. The summed E-state index contributed by atoms with van der Waals surface area (Å²) in [6.45, 7) is 1.69. The Morgan fingerprint density at radius 1 is 1.16 bits per heavy atom. The number of pyridine rings is 1. The molecule has 1 aliphatic carbocycles. The molecule has 4 rings (SSSR count). The van der Waals surface area contributed by atoms with Crippen molar-refractivity contribution in [2.24, 2.45) is 0 Å². The van der Waals surface area contributed by atoms with Gasteiger partial charge in [-0.3, -0.25) is 4.79 Å². The third kappa shape index (κ3) is 4.76. The predicted octanol–water partition coefficient (Wildman–Crippen LogP) is 5.36. The van der Waals surface area contributed by atoms with E-state index in [2.05, 4.69) is 20.8 Å². The Balaban J connectivity index is 1.46. The molecule has 0 bridgehead atoms. The van der Waals surface area contributed by atoms with Crippen molar-refractivity contribution in [1.29, 1.82) is 0 Å². The van der Waals surface area contributed by atoms with Crippen molar-refractivity contribution < 1.29 is 22.5 Å². The van der Waals surface area contributed by atoms with Crippen molar-refractivity contribution in [3.8, 4) is 0 Å². The lowest BCUT2D eigenvalue weighted by molar-refractivity contribution is -0.140. The Hall–Kier alpha value is -2.81. The molecule has 0 spiro atoms. The molecule has 6 nitrogen and oxygen atoms in total. The Bertz CT molecular complexity index is 1110. The zero-order chi connectivity index (χ0) is 22.2. The molecule has 2 heterocycles. The first-order valence-electron chi connectivity index (χ1n) is 9.86. The molecule has 2 aromatic heterocycles. The van der Waals surface area contributed by atoms with Gasteiger partial charge in [0.1, 0.15) is 17.5 Å². The van der Waals surface area contributed by atoms with Gasteiger partial charge in [-0.1, -0.05) is 16.8 Å². The van der Waals surface area contributed by atoms with Crippen molar-refractivity contribution in [3.63, 3.8) is 0 Å². The molecule has 1 fully saturated rings. The molecule has 1 aromatic carbocycles. The minimum Gasteiger partial charge on any atom is -0.382 e. The number of benzene rings is 1. The van der Waals surface area contributed by atoms with Crippen molar-refractivity contribution >= 4 is 34.1 Å². The van der Waals surface area contributed by atoms with Crippen LogP contribution in [-0.4, -0.2) is 28.1 Å². The summed E-state index contributed by atoms with van der Waals surface area (Å²) in [5, 5.41) is 10.9. The molecule has 3 aromatic rings. The number of aromatic nitrogens is 2. The maximum absolute atomic E-state index is 13.3. The van der Waals surface area contributed by atoms with Gasteiger partial charge in [0.05, 0.1) is 11.2 Å². The number of nitrogens with zero attached hydrogens (tertiary/aromatic N) is 2. The first-order valence-corrected chi connectivity index (χ1v) is 10.2. The number of fused-ring (bicyclic) bond motifs is 1. The van der Waals surface area contributed by atoms with Gasteiger partial charge in [0, 0.05) is 28.2 Å².